The fourth-order valence-electron chi connectivity index (χ4n) is 6.00. The number of amides is 2. The summed E-state index contributed by atoms with van der Waals surface area (Å²) in [6, 6.07) is 15.3. The van der Waals surface area contributed by atoms with Crippen LogP contribution in [0.2, 0.25) is 10.0 Å². The molecule has 2 aromatic carbocycles. The van der Waals surface area contributed by atoms with Crippen molar-refractivity contribution in [2.75, 3.05) is 39.8 Å². The SMILES string of the molecule is CN(CC(=O)N1N=C2/C(=C\c3ccc(Cl)cc3)CCCC2C1c1ccc(Cl)cc1)CC1CN(C(=O)OC(C)(C)C)CCO1. The van der Waals surface area contributed by atoms with Crippen molar-refractivity contribution in [3.8, 4) is 0 Å². The normalized spacial score (nSPS) is 23.4. The summed E-state index contributed by atoms with van der Waals surface area (Å²) >= 11 is 12.3. The van der Waals surface area contributed by atoms with Crippen LogP contribution in [0, 0.1) is 5.92 Å². The number of halogens is 2. The summed E-state index contributed by atoms with van der Waals surface area (Å²) in [4.78, 5) is 30.1. The molecule has 2 aliphatic heterocycles. The van der Waals surface area contributed by atoms with Gasteiger partial charge in [-0.15, -0.1) is 0 Å². The molecule has 3 atom stereocenters. The molecule has 1 aliphatic carbocycles. The minimum Gasteiger partial charge on any atom is -0.444 e. The molecule has 0 spiro atoms. The Morgan fingerprint density at radius 3 is 2.44 bits per heavy atom. The summed E-state index contributed by atoms with van der Waals surface area (Å²) in [6.07, 6.45) is 4.45. The minimum atomic E-state index is -0.562. The Balaban J connectivity index is 1.32. The van der Waals surface area contributed by atoms with Crippen molar-refractivity contribution >= 4 is 47.0 Å². The zero-order valence-electron chi connectivity index (χ0n) is 25.3. The monoisotopic (exact) mass is 626 g/mol. The van der Waals surface area contributed by atoms with Crippen LogP contribution in [0.25, 0.3) is 6.08 Å². The van der Waals surface area contributed by atoms with Gasteiger partial charge in [-0.1, -0.05) is 47.5 Å². The van der Waals surface area contributed by atoms with Gasteiger partial charge < -0.3 is 14.4 Å². The molecule has 0 radical (unpaired) electrons. The van der Waals surface area contributed by atoms with Crippen molar-refractivity contribution in [2.45, 2.75) is 57.8 Å². The van der Waals surface area contributed by atoms with Crippen molar-refractivity contribution in [2.24, 2.45) is 11.0 Å². The summed E-state index contributed by atoms with van der Waals surface area (Å²) in [5, 5.41) is 8.03. The number of rotatable bonds is 6. The second kappa shape index (κ2) is 13.4. The highest BCUT2D eigenvalue weighted by molar-refractivity contribution is 6.30. The van der Waals surface area contributed by atoms with Gasteiger partial charge in [-0.25, -0.2) is 9.80 Å². The minimum absolute atomic E-state index is 0.0880. The maximum atomic E-state index is 13.9. The topological polar surface area (TPSA) is 74.7 Å². The molecule has 0 N–H and O–H groups in total. The van der Waals surface area contributed by atoms with Crippen LogP contribution in [0.4, 0.5) is 4.79 Å². The van der Waals surface area contributed by atoms with Gasteiger partial charge in [0.2, 0.25) is 0 Å². The van der Waals surface area contributed by atoms with E-state index >= 15 is 0 Å². The van der Waals surface area contributed by atoms with Gasteiger partial charge in [-0.05, 0) is 94.1 Å². The Hall–Kier alpha value is -2.91. The van der Waals surface area contributed by atoms with Crippen LogP contribution in [0.15, 0.2) is 59.2 Å². The third-order valence-electron chi connectivity index (χ3n) is 7.89. The second-order valence-electron chi connectivity index (χ2n) is 12.6. The third-order valence-corrected chi connectivity index (χ3v) is 8.39. The van der Waals surface area contributed by atoms with Crippen LogP contribution in [-0.2, 0) is 14.3 Å². The quantitative estimate of drug-likeness (QED) is 0.357. The van der Waals surface area contributed by atoms with E-state index < -0.39 is 5.60 Å². The van der Waals surface area contributed by atoms with E-state index in [1.807, 2.05) is 81.2 Å². The van der Waals surface area contributed by atoms with Crippen molar-refractivity contribution in [3.63, 3.8) is 0 Å². The number of fused-ring (bicyclic) bond motifs is 1. The number of ether oxygens (including phenoxy) is 2. The van der Waals surface area contributed by atoms with Gasteiger partial charge in [0, 0.05) is 29.1 Å². The lowest BCUT2D eigenvalue weighted by molar-refractivity contribution is -0.135. The standard InChI is InChI=1S/C33H40Cl2N4O4/c1-33(2,3)43-32(41)38-16-17-42-27(20-38)19-37(4)21-29(40)39-31(23-10-14-26(35)15-11-23)28-7-5-6-24(30(28)36-39)18-22-8-12-25(34)13-9-22/h8-15,18,27-28,31H,5-7,16-17,19-21H2,1-4H3/b24-18-. The van der Waals surface area contributed by atoms with Gasteiger partial charge in [0.25, 0.3) is 5.91 Å². The average Bonchev–Trinajstić information content (AvgIpc) is 3.35. The van der Waals surface area contributed by atoms with Gasteiger partial charge in [0.1, 0.15) is 5.60 Å². The number of carbonyl (C=O) groups excluding carboxylic acids is 2. The number of hydrogen-bond donors (Lipinski definition) is 0. The number of likely N-dealkylation sites (N-methyl/N-ethyl adjacent to an activating group) is 1. The van der Waals surface area contributed by atoms with Crippen molar-refractivity contribution in [1.29, 1.82) is 0 Å². The molecule has 0 bridgehead atoms. The first-order valence-corrected chi connectivity index (χ1v) is 15.6. The molecule has 5 rings (SSSR count). The smallest absolute Gasteiger partial charge is 0.410 e. The van der Waals surface area contributed by atoms with Crippen LogP contribution in [-0.4, -0.2) is 84.1 Å². The molecule has 10 heteroatoms. The summed E-state index contributed by atoms with van der Waals surface area (Å²) < 4.78 is 11.5. The maximum Gasteiger partial charge on any atom is 0.410 e. The van der Waals surface area contributed by atoms with Gasteiger partial charge in [-0.2, -0.15) is 5.10 Å². The lowest BCUT2D eigenvalue weighted by atomic mass is 9.77. The highest BCUT2D eigenvalue weighted by Gasteiger charge is 2.44. The Kier molecular flexibility index (Phi) is 9.81. The van der Waals surface area contributed by atoms with Crippen LogP contribution in [0.1, 0.15) is 57.2 Å². The Labute approximate surface area is 264 Å². The number of nitrogens with zero attached hydrogens (tertiary/aromatic N) is 4. The van der Waals surface area contributed by atoms with E-state index in [1.165, 1.54) is 0 Å². The van der Waals surface area contributed by atoms with Gasteiger partial charge in [0.05, 0.1) is 37.6 Å². The number of benzene rings is 2. The molecule has 1 saturated heterocycles. The molecule has 0 aromatic heterocycles. The van der Waals surface area contributed by atoms with Crippen molar-refractivity contribution in [3.05, 3.63) is 75.3 Å². The van der Waals surface area contributed by atoms with Crippen molar-refractivity contribution in [1.82, 2.24) is 14.8 Å². The molecular formula is C33H40Cl2N4O4. The van der Waals surface area contributed by atoms with E-state index in [2.05, 4.69) is 6.08 Å². The third kappa shape index (κ3) is 7.98. The molecule has 43 heavy (non-hydrogen) atoms. The maximum absolute atomic E-state index is 13.9. The van der Waals surface area contributed by atoms with E-state index in [1.54, 1.807) is 9.91 Å². The van der Waals surface area contributed by atoms with E-state index in [0.29, 0.717) is 36.3 Å². The molecule has 230 valence electrons. The highest BCUT2D eigenvalue weighted by Crippen LogP contribution is 2.44. The fourth-order valence-corrected chi connectivity index (χ4v) is 6.25. The molecule has 2 fully saturated rings. The number of hydrazone groups is 1. The number of morpholine rings is 1. The molecule has 2 aromatic rings. The molecule has 3 unspecified atom stereocenters. The summed E-state index contributed by atoms with van der Waals surface area (Å²) in [6.45, 7) is 7.54. The molecule has 2 amide bonds. The number of hydrogen-bond acceptors (Lipinski definition) is 6. The molecular weight excluding hydrogens is 587 g/mol. The van der Waals surface area contributed by atoms with Gasteiger partial charge in [-0.3, -0.25) is 9.69 Å². The Bertz CT molecular complexity index is 1370. The van der Waals surface area contributed by atoms with Gasteiger partial charge >= 0.3 is 6.09 Å². The van der Waals surface area contributed by atoms with Crippen LogP contribution in [0.3, 0.4) is 0 Å². The van der Waals surface area contributed by atoms with Crippen LogP contribution in [0.5, 0.6) is 0 Å². The molecule has 2 heterocycles. The predicted octanol–water partition coefficient (Wildman–Crippen LogP) is 6.68. The van der Waals surface area contributed by atoms with E-state index in [9.17, 15) is 9.59 Å². The van der Waals surface area contributed by atoms with Crippen molar-refractivity contribution < 1.29 is 19.1 Å². The Morgan fingerprint density at radius 2 is 1.77 bits per heavy atom. The molecule has 3 aliphatic rings. The van der Waals surface area contributed by atoms with E-state index in [4.69, 9.17) is 37.8 Å². The lowest BCUT2D eigenvalue weighted by Crippen LogP contribution is -2.51. The first-order chi connectivity index (χ1) is 20.5. The van der Waals surface area contributed by atoms with E-state index in [0.717, 1.165) is 41.7 Å². The summed E-state index contributed by atoms with van der Waals surface area (Å²) in [5.41, 5.74) is 3.64. The average molecular weight is 628 g/mol. The number of allylic oxidation sites excluding steroid dienone is 1. The second-order valence-corrected chi connectivity index (χ2v) is 13.4. The highest BCUT2D eigenvalue weighted by atomic mass is 35.5. The molecule has 1 saturated carbocycles. The van der Waals surface area contributed by atoms with Gasteiger partial charge in [0.15, 0.2) is 0 Å². The first-order valence-electron chi connectivity index (χ1n) is 14.9. The lowest BCUT2D eigenvalue weighted by Gasteiger charge is -2.36. The molecule has 8 nitrogen and oxygen atoms in total. The predicted molar refractivity (Wildman–Crippen MR) is 170 cm³/mol. The fraction of sp³-hybridized carbons (Fsp3) is 0.485. The Morgan fingerprint density at radius 1 is 1.09 bits per heavy atom. The largest absolute Gasteiger partial charge is 0.444 e. The summed E-state index contributed by atoms with van der Waals surface area (Å²) in [7, 11) is 1.90. The summed E-state index contributed by atoms with van der Waals surface area (Å²) in [5.74, 6) is 0.00166. The zero-order chi connectivity index (χ0) is 30.7. The first kappa shape index (κ1) is 31.5. The number of carbonyl (C=O) groups is 2. The zero-order valence-corrected chi connectivity index (χ0v) is 26.8. The van der Waals surface area contributed by atoms with Crippen LogP contribution < -0.4 is 0 Å². The van der Waals surface area contributed by atoms with Crippen LogP contribution >= 0.6 is 23.2 Å². The van der Waals surface area contributed by atoms with E-state index in [-0.39, 0.29) is 36.6 Å².